The van der Waals surface area contributed by atoms with Gasteiger partial charge in [0, 0.05) is 24.2 Å². The lowest BCUT2D eigenvalue weighted by Gasteiger charge is -2.06. The van der Waals surface area contributed by atoms with Crippen molar-refractivity contribution >= 4 is 34.1 Å². The third-order valence-corrected chi connectivity index (χ3v) is 5.41. The van der Waals surface area contributed by atoms with Gasteiger partial charge in [-0.25, -0.2) is 0 Å². The molecule has 0 radical (unpaired) electrons. The van der Waals surface area contributed by atoms with E-state index in [0.717, 1.165) is 12.1 Å². The molecule has 3 rings (SSSR count). The van der Waals surface area contributed by atoms with Gasteiger partial charge in [0.15, 0.2) is 4.34 Å². The van der Waals surface area contributed by atoms with E-state index in [4.69, 9.17) is 4.42 Å². The highest BCUT2D eigenvalue weighted by Gasteiger charge is 2.30. The minimum Gasteiger partial charge on any atom is -0.421 e. The van der Waals surface area contributed by atoms with Crippen LogP contribution in [0.3, 0.4) is 0 Å². The molecule has 2 heterocycles. The molecule has 1 aromatic carbocycles. The molecule has 0 saturated carbocycles. The molecule has 0 spiro atoms. The molecule has 29 heavy (non-hydrogen) atoms. The number of amides is 1. The van der Waals surface area contributed by atoms with Crippen molar-refractivity contribution < 1.29 is 22.4 Å². The number of alkyl halides is 3. The molecule has 0 bridgehead atoms. The fourth-order valence-electron chi connectivity index (χ4n) is 2.15. The minimum atomic E-state index is -4.47. The maximum Gasteiger partial charge on any atom is 0.416 e. The van der Waals surface area contributed by atoms with E-state index >= 15 is 0 Å². The monoisotopic (exact) mass is 441 g/mol. The number of aromatic nitrogens is 4. The van der Waals surface area contributed by atoms with E-state index in [1.54, 1.807) is 6.08 Å². The Hall–Kier alpha value is -2.73. The zero-order chi connectivity index (χ0) is 20.9. The van der Waals surface area contributed by atoms with Crippen molar-refractivity contribution in [3.8, 4) is 11.5 Å². The van der Waals surface area contributed by atoms with Crippen LogP contribution in [0.1, 0.15) is 17.9 Å². The number of halogens is 3. The van der Waals surface area contributed by atoms with E-state index in [-0.39, 0.29) is 36.1 Å². The quantitative estimate of drug-likeness (QED) is 0.313. The molecule has 0 unspecified atom stereocenters. The van der Waals surface area contributed by atoms with E-state index in [0.29, 0.717) is 15.2 Å². The molecule has 7 nitrogen and oxygen atoms in total. The highest BCUT2D eigenvalue weighted by molar-refractivity contribution is 8.01. The Bertz CT molecular complexity index is 1000. The number of carbonyl (C=O) groups is 1. The first-order valence-electron chi connectivity index (χ1n) is 8.22. The van der Waals surface area contributed by atoms with Gasteiger partial charge in [0.2, 0.25) is 22.8 Å². The lowest BCUT2D eigenvalue weighted by molar-refractivity contribution is -0.137. The van der Waals surface area contributed by atoms with Crippen LogP contribution < -0.4 is 5.32 Å². The molecular formula is C17H14F3N5O2S2. The Balaban J connectivity index is 1.56. The summed E-state index contributed by atoms with van der Waals surface area (Å²) in [7, 11) is 0. The van der Waals surface area contributed by atoms with E-state index in [9.17, 15) is 18.0 Å². The van der Waals surface area contributed by atoms with E-state index in [2.05, 4.69) is 32.3 Å². The summed E-state index contributed by atoms with van der Waals surface area (Å²) >= 11 is 2.70. The van der Waals surface area contributed by atoms with Gasteiger partial charge < -0.3 is 9.73 Å². The SMILES string of the molecule is C=CCSc1nnc(NC(=O)CCc2nnc(-c3cccc(C(F)(F)F)c3)o2)s1. The van der Waals surface area contributed by atoms with Gasteiger partial charge in [-0.05, 0) is 18.2 Å². The number of hydrogen-bond donors (Lipinski definition) is 1. The summed E-state index contributed by atoms with van der Waals surface area (Å²) in [6.45, 7) is 3.62. The number of carbonyl (C=O) groups excluding carboxylic acids is 1. The molecule has 152 valence electrons. The van der Waals surface area contributed by atoms with Crippen LogP contribution in [0, 0.1) is 0 Å². The summed E-state index contributed by atoms with van der Waals surface area (Å²) < 4.78 is 44.5. The summed E-state index contributed by atoms with van der Waals surface area (Å²) in [4.78, 5) is 12.0. The van der Waals surface area contributed by atoms with Crippen molar-refractivity contribution in [1.29, 1.82) is 0 Å². The molecule has 1 N–H and O–H groups in total. The Labute approximate surface area is 171 Å². The van der Waals surface area contributed by atoms with Crippen LogP contribution in [0.4, 0.5) is 18.3 Å². The number of aryl methyl sites for hydroxylation is 1. The minimum absolute atomic E-state index is 0.0406. The fraction of sp³-hybridized carbons (Fsp3) is 0.235. The second kappa shape index (κ2) is 9.18. The van der Waals surface area contributed by atoms with Crippen LogP contribution in [-0.4, -0.2) is 32.1 Å². The van der Waals surface area contributed by atoms with Crippen LogP contribution in [-0.2, 0) is 17.4 Å². The molecule has 2 aromatic heterocycles. The maximum atomic E-state index is 12.8. The molecular weight excluding hydrogens is 427 g/mol. The molecule has 0 aliphatic rings. The van der Waals surface area contributed by atoms with Crippen molar-refractivity contribution in [2.75, 3.05) is 11.1 Å². The van der Waals surface area contributed by atoms with Crippen molar-refractivity contribution in [3.63, 3.8) is 0 Å². The first-order valence-corrected chi connectivity index (χ1v) is 10.0. The van der Waals surface area contributed by atoms with Crippen molar-refractivity contribution in [3.05, 3.63) is 48.4 Å². The van der Waals surface area contributed by atoms with Crippen LogP contribution >= 0.6 is 23.1 Å². The van der Waals surface area contributed by atoms with Crippen LogP contribution in [0.25, 0.3) is 11.5 Å². The Kier molecular flexibility index (Phi) is 6.64. The average molecular weight is 441 g/mol. The van der Waals surface area contributed by atoms with Gasteiger partial charge in [-0.2, -0.15) is 13.2 Å². The first kappa shape index (κ1) is 21.0. The molecule has 0 fully saturated rings. The van der Waals surface area contributed by atoms with Gasteiger partial charge in [0.1, 0.15) is 0 Å². The predicted octanol–water partition coefficient (Wildman–Crippen LogP) is 4.46. The largest absolute Gasteiger partial charge is 0.421 e. The van der Waals surface area contributed by atoms with Crippen LogP contribution in [0.2, 0.25) is 0 Å². The Morgan fingerprint density at radius 3 is 2.86 bits per heavy atom. The average Bonchev–Trinajstić information content (AvgIpc) is 3.34. The molecule has 0 aliphatic carbocycles. The normalized spacial score (nSPS) is 11.4. The summed E-state index contributed by atoms with van der Waals surface area (Å²) in [5.41, 5.74) is -0.654. The zero-order valence-corrected chi connectivity index (χ0v) is 16.4. The van der Waals surface area contributed by atoms with Gasteiger partial charge >= 0.3 is 6.18 Å². The maximum absolute atomic E-state index is 12.8. The lowest BCUT2D eigenvalue weighted by atomic mass is 10.1. The zero-order valence-electron chi connectivity index (χ0n) is 14.8. The summed E-state index contributed by atoms with van der Waals surface area (Å²) in [6, 6.07) is 4.59. The third kappa shape index (κ3) is 5.87. The summed E-state index contributed by atoms with van der Waals surface area (Å²) in [6.07, 6.45) is -2.55. The molecule has 0 aliphatic heterocycles. The fourth-order valence-corrected chi connectivity index (χ4v) is 3.68. The van der Waals surface area contributed by atoms with Crippen molar-refractivity contribution in [1.82, 2.24) is 20.4 Å². The standard InChI is InChI=1S/C17H14F3N5O2S2/c1-2-8-28-16-25-24-15(29-16)21-12(26)6-7-13-22-23-14(27-13)10-4-3-5-11(9-10)17(18,19)20/h2-5,9H,1,6-8H2,(H,21,24,26). The van der Waals surface area contributed by atoms with E-state index in [1.165, 1.54) is 35.2 Å². The number of nitrogens with one attached hydrogen (secondary N) is 1. The number of benzene rings is 1. The van der Waals surface area contributed by atoms with Crippen molar-refractivity contribution in [2.45, 2.75) is 23.4 Å². The van der Waals surface area contributed by atoms with Crippen LogP contribution in [0.5, 0.6) is 0 Å². The molecule has 12 heteroatoms. The topological polar surface area (TPSA) is 93.8 Å². The molecule has 3 aromatic rings. The number of rotatable bonds is 8. The number of thioether (sulfide) groups is 1. The summed E-state index contributed by atoms with van der Waals surface area (Å²) in [5, 5.41) is 18.3. The highest BCUT2D eigenvalue weighted by atomic mass is 32.2. The Morgan fingerprint density at radius 1 is 1.28 bits per heavy atom. The number of anilines is 1. The van der Waals surface area contributed by atoms with Gasteiger partial charge in [0.25, 0.3) is 0 Å². The van der Waals surface area contributed by atoms with Crippen molar-refractivity contribution in [2.24, 2.45) is 0 Å². The number of nitrogens with zero attached hydrogens (tertiary/aromatic N) is 4. The Morgan fingerprint density at radius 2 is 2.10 bits per heavy atom. The second-order valence-corrected chi connectivity index (χ2v) is 7.85. The van der Waals surface area contributed by atoms with Crippen LogP contribution in [0.15, 0.2) is 45.7 Å². The molecule has 0 saturated heterocycles. The van der Waals surface area contributed by atoms with Gasteiger partial charge in [-0.3, -0.25) is 4.79 Å². The van der Waals surface area contributed by atoms with Gasteiger partial charge in [-0.15, -0.1) is 27.0 Å². The van der Waals surface area contributed by atoms with E-state index in [1.807, 2.05) is 0 Å². The highest BCUT2D eigenvalue weighted by Crippen LogP contribution is 2.32. The lowest BCUT2D eigenvalue weighted by Crippen LogP contribution is -2.12. The number of hydrogen-bond acceptors (Lipinski definition) is 8. The summed E-state index contributed by atoms with van der Waals surface area (Å²) in [5.74, 6) is 0.473. The first-order chi connectivity index (χ1) is 13.8. The van der Waals surface area contributed by atoms with E-state index < -0.39 is 11.7 Å². The second-order valence-electron chi connectivity index (χ2n) is 5.60. The third-order valence-electron chi connectivity index (χ3n) is 3.45. The molecule has 0 atom stereocenters. The molecule has 1 amide bonds. The smallest absolute Gasteiger partial charge is 0.416 e. The van der Waals surface area contributed by atoms with Gasteiger partial charge in [0.05, 0.1) is 5.56 Å². The van der Waals surface area contributed by atoms with Gasteiger partial charge in [-0.1, -0.05) is 35.2 Å². The predicted molar refractivity (Wildman–Crippen MR) is 103 cm³/mol.